The summed E-state index contributed by atoms with van der Waals surface area (Å²) in [6.07, 6.45) is 1.66. The van der Waals surface area contributed by atoms with E-state index in [2.05, 4.69) is 17.9 Å². The first kappa shape index (κ1) is 13.4. The van der Waals surface area contributed by atoms with Crippen LogP contribution in [0.1, 0.15) is 38.4 Å². The summed E-state index contributed by atoms with van der Waals surface area (Å²) in [7, 11) is 0. The topological polar surface area (TPSA) is 32.7 Å². The fraction of sp³-hybridized carbons (Fsp3) is 0.600. The van der Waals surface area contributed by atoms with E-state index in [0.717, 1.165) is 43.8 Å². The van der Waals surface area contributed by atoms with Crippen LogP contribution in [0.2, 0.25) is 0 Å². The minimum atomic E-state index is -0.374. The van der Waals surface area contributed by atoms with Crippen molar-refractivity contribution in [3.05, 3.63) is 29.8 Å². The van der Waals surface area contributed by atoms with E-state index in [1.807, 2.05) is 25.1 Å². The molecule has 0 saturated carbocycles. The molecule has 1 heterocycles. The Labute approximate surface area is 109 Å². The molecule has 0 bridgehead atoms. The van der Waals surface area contributed by atoms with Crippen LogP contribution in [0.5, 0.6) is 0 Å². The molecule has 100 valence electrons. The fourth-order valence-electron chi connectivity index (χ4n) is 2.49. The van der Waals surface area contributed by atoms with Gasteiger partial charge in [-0.05, 0) is 25.8 Å². The van der Waals surface area contributed by atoms with Gasteiger partial charge in [-0.2, -0.15) is 0 Å². The average molecular weight is 249 g/mol. The second-order valence-corrected chi connectivity index (χ2v) is 4.96. The molecule has 3 nitrogen and oxygen atoms in total. The maximum Gasteiger partial charge on any atom is 0.0807 e. The highest BCUT2D eigenvalue weighted by Gasteiger charge is 2.19. The van der Waals surface area contributed by atoms with Gasteiger partial charge in [-0.15, -0.1) is 0 Å². The molecule has 1 aromatic rings. The number of nitrogens with zero attached hydrogens (tertiary/aromatic N) is 1. The molecule has 1 aliphatic rings. The van der Waals surface area contributed by atoms with E-state index < -0.39 is 0 Å². The average Bonchev–Trinajstić information content (AvgIpc) is 2.62. The fourth-order valence-corrected chi connectivity index (χ4v) is 2.49. The summed E-state index contributed by atoms with van der Waals surface area (Å²) in [6.45, 7) is 6.84. The zero-order valence-electron chi connectivity index (χ0n) is 11.3. The number of aliphatic hydroxyl groups excluding tert-OH is 1. The molecule has 1 aromatic carbocycles. The van der Waals surface area contributed by atoms with Gasteiger partial charge in [0.1, 0.15) is 0 Å². The summed E-state index contributed by atoms with van der Waals surface area (Å²) in [5, 5.41) is 10.1. The zero-order chi connectivity index (χ0) is 13.0. The first-order valence-corrected chi connectivity index (χ1v) is 6.86. The van der Waals surface area contributed by atoms with Crippen LogP contribution in [0.25, 0.3) is 0 Å². The van der Waals surface area contributed by atoms with E-state index in [9.17, 15) is 5.11 Å². The van der Waals surface area contributed by atoms with Gasteiger partial charge in [-0.1, -0.05) is 25.1 Å². The molecule has 1 fully saturated rings. The molecule has 2 atom stereocenters. The summed E-state index contributed by atoms with van der Waals surface area (Å²) < 4.78 is 5.68. The van der Waals surface area contributed by atoms with Crippen LogP contribution in [0, 0.1) is 0 Å². The van der Waals surface area contributed by atoms with Crippen LogP contribution in [0.3, 0.4) is 0 Å². The van der Waals surface area contributed by atoms with Crippen molar-refractivity contribution in [3.8, 4) is 0 Å². The maximum absolute atomic E-state index is 10.1. The predicted molar refractivity (Wildman–Crippen MR) is 73.9 cm³/mol. The number of hydrogen-bond donors (Lipinski definition) is 1. The largest absolute Gasteiger partial charge is 0.388 e. The highest BCUT2D eigenvalue weighted by molar-refractivity contribution is 5.54. The lowest BCUT2D eigenvalue weighted by atomic mass is 10.0. The first-order valence-electron chi connectivity index (χ1n) is 6.86. The zero-order valence-corrected chi connectivity index (χ0v) is 11.3. The van der Waals surface area contributed by atoms with Gasteiger partial charge in [0.2, 0.25) is 0 Å². The number of para-hydroxylation sites is 1. The minimum Gasteiger partial charge on any atom is -0.388 e. The number of rotatable bonds is 3. The third-order valence-corrected chi connectivity index (χ3v) is 3.48. The van der Waals surface area contributed by atoms with Crippen molar-refractivity contribution in [1.29, 1.82) is 0 Å². The van der Waals surface area contributed by atoms with E-state index in [4.69, 9.17) is 4.74 Å². The third-order valence-electron chi connectivity index (χ3n) is 3.48. The lowest BCUT2D eigenvalue weighted by molar-refractivity contribution is 0.0820. The summed E-state index contributed by atoms with van der Waals surface area (Å²) in [4.78, 5) is 2.34. The Hall–Kier alpha value is -1.06. The van der Waals surface area contributed by atoms with Gasteiger partial charge in [0.15, 0.2) is 0 Å². The van der Waals surface area contributed by atoms with Crippen LogP contribution in [-0.4, -0.2) is 30.9 Å². The Morgan fingerprint density at radius 3 is 3.00 bits per heavy atom. The number of ether oxygens (including phenoxy) is 1. The summed E-state index contributed by atoms with van der Waals surface area (Å²) >= 11 is 0. The van der Waals surface area contributed by atoms with Crippen molar-refractivity contribution in [1.82, 2.24) is 0 Å². The molecule has 0 aliphatic carbocycles. The maximum atomic E-state index is 10.1. The van der Waals surface area contributed by atoms with Crippen molar-refractivity contribution in [2.24, 2.45) is 0 Å². The van der Waals surface area contributed by atoms with E-state index in [1.165, 1.54) is 0 Å². The van der Waals surface area contributed by atoms with Gasteiger partial charge in [0.05, 0.1) is 12.2 Å². The Balaban J connectivity index is 2.25. The van der Waals surface area contributed by atoms with Crippen LogP contribution >= 0.6 is 0 Å². The van der Waals surface area contributed by atoms with E-state index >= 15 is 0 Å². The normalized spacial score (nSPS) is 22.6. The Bertz CT molecular complexity index is 381. The van der Waals surface area contributed by atoms with Gasteiger partial charge in [-0.3, -0.25) is 0 Å². The lowest BCUT2D eigenvalue weighted by Gasteiger charge is -2.28. The standard InChI is InChI=1S/C15H23NO2/c1-3-15(17)13-7-4-5-8-14(13)16-9-6-10-18-12(2)11-16/h4-5,7-8,12,15,17H,3,6,9-11H2,1-2H3. The number of hydrogen-bond acceptors (Lipinski definition) is 3. The molecule has 3 heteroatoms. The van der Waals surface area contributed by atoms with Gasteiger partial charge in [-0.25, -0.2) is 0 Å². The van der Waals surface area contributed by atoms with Crippen molar-refractivity contribution in [2.75, 3.05) is 24.6 Å². The molecule has 18 heavy (non-hydrogen) atoms. The Morgan fingerprint density at radius 1 is 1.44 bits per heavy atom. The summed E-state index contributed by atoms with van der Waals surface area (Å²) in [5.41, 5.74) is 2.19. The Kier molecular flexibility index (Phi) is 4.61. The van der Waals surface area contributed by atoms with Gasteiger partial charge in [0.25, 0.3) is 0 Å². The molecule has 1 aliphatic heterocycles. The van der Waals surface area contributed by atoms with Crippen LogP contribution in [0.4, 0.5) is 5.69 Å². The SMILES string of the molecule is CCC(O)c1ccccc1N1CCCOC(C)C1. The van der Waals surface area contributed by atoms with Crippen LogP contribution in [-0.2, 0) is 4.74 Å². The van der Waals surface area contributed by atoms with Crippen LogP contribution < -0.4 is 4.90 Å². The van der Waals surface area contributed by atoms with E-state index in [0.29, 0.717) is 0 Å². The van der Waals surface area contributed by atoms with E-state index in [1.54, 1.807) is 0 Å². The Morgan fingerprint density at radius 2 is 2.22 bits per heavy atom. The van der Waals surface area contributed by atoms with E-state index in [-0.39, 0.29) is 12.2 Å². The highest BCUT2D eigenvalue weighted by atomic mass is 16.5. The molecule has 2 rings (SSSR count). The van der Waals surface area contributed by atoms with Crippen molar-refractivity contribution in [2.45, 2.75) is 38.9 Å². The second-order valence-electron chi connectivity index (χ2n) is 4.96. The second kappa shape index (κ2) is 6.21. The molecule has 1 N–H and O–H groups in total. The molecule has 0 spiro atoms. The van der Waals surface area contributed by atoms with Gasteiger partial charge in [0, 0.05) is 30.9 Å². The molecule has 0 amide bonds. The quantitative estimate of drug-likeness (QED) is 0.894. The minimum absolute atomic E-state index is 0.249. The first-order chi connectivity index (χ1) is 8.72. The molecule has 0 radical (unpaired) electrons. The lowest BCUT2D eigenvalue weighted by Crippen LogP contribution is -2.31. The number of aliphatic hydroxyl groups is 1. The molecule has 1 saturated heterocycles. The molecule has 0 aromatic heterocycles. The summed E-state index contributed by atoms with van der Waals surface area (Å²) in [5.74, 6) is 0. The number of benzene rings is 1. The smallest absolute Gasteiger partial charge is 0.0807 e. The summed E-state index contributed by atoms with van der Waals surface area (Å²) in [6, 6.07) is 8.17. The van der Waals surface area contributed by atoms with Crippen molar-refractivity contribution < 1.29 is 9.84 Å². The van der Waals surface area contributed by atoms with Gasteiger partial charge >= 0.3 is 0 Å². The van der Waals surface area contributed by atoms with Crippen molar-refractivity contribution in [3.63, 3.8) is 0 Å². The number of anilines is 1. The monoisotopic (exact) mass is 249 g/mol. The predicted octanol–water partition coefficient (Wildman–Crippen LogP) is 2.75. The third kappa shape index (κ3) is 3.03. The van der Waals surface area contributed by atoms with Gasteiger partial charge < -0.3 is 14.7 Å². The van der Waals surface area contributed by atoms with Crippen molar-refractivity contribution >= 4 is 5.69 Å². The molecule has 2 unspecified atom stereocenters. The molecular formula is C15H23NO2. The molecular weight excluding hydrogens is 226 g/mol. The van der Waals surface area contributed by atoms with Crippen LogP contribution in [0.15, 0.2) is 24.3 Å². The highest BCUT2D eigenvalue weighted by Crippen LogP contribution is 2.29.